The zero-order valence-electron chi connectivity index (χ0n) is 20.0. The Labute approximate surface area is 187 Å². The zero-order valence-corrected chi connectivity index (χ0v) is 20.0. The Kier molecular flexibility index (Phi) is 9.16. The minimum Gasteiger partial charge on any atom is -0.444 e. The third-order valence-corrected chi connectivity index (χ3v) is 5.58. The summed E-state index contributed by atoms with van der Waals surface area (Å²) < 4.78 is 5.30. The van der Waals surface area contributed by atoms with Crippen LogP contribution in [0.3, 0.4) is 0 Å². The summed E-state index contributed by atoms with van der Waals surface area (Å²) in [7, 11) is 4.06. The van der Waals surface area contributed by atoms with Crippen molar-refractivity contribution < 1.29 is 14.3 Å². The molecule has 7 heteroatoms. The van der Waals surface area contributed by atoms with Gasteiger partial charge in [-0.1, -0.05) is 31.2 Å². The molecule has 7 nitrogen and oxygen atoms in total. The lowest BCUT2D eigenvalue weighted by Gasteiger charge is -2.34. The molecule has 1 aromatic carbocycles. The van der Waals surface area contributed by atoms with Crippen LogP contribution < -0.4 is 10.6 Å². The molecule has 1 aliphatic heterocycles. The molecule has 0 saturated carbocycles. The zero-order chi connectivity index (χ0) is 23.0. The lowest BCUT2D eigenvalue weighted by molar-refractivity contribution is 0.0511. The first-order chi connectivity index (χ1) is 14.6. The molecule has 2 atom stereocenters. The predicted molar refractivity (Wildman–Crippen MR) is 124 cm³/mol. The standard InChI is InChI=1S/C24H40N4O3/c1-7-18-10-12-20(13-11-18)21(27(5)6)16-25-22(29)28-14-8-9-19(17-28)15-26-23(30)31-24(2,3)4/h10-13,19,21H,7-9,14-17H2,1-6H3,(H,25,29)(H,26,30). The molecule has 0 aliphatic carbocycles. The van der Waals surface area contributed by atoms with Crippen LogP contribution in [0.2, 0.25) is 0 Å². The number of piperidine rings is 1. The number of likely N-dealkylation sites (tertiary alicyclic amines) is 1. The predicted octanol–water partition coefficient (Wildman–Crippen LogP) is 3.80. The van der Waals surface area contributed by atoms with Gasteiger partial charge in [-0.25, -0.2) is 9.59 Å². The fourth-order valence-electron chi connectivity index (χ4n) is 3.83. The maximum Gasteiger partial charge on any atom is 0.407 e. The number of benzene rings is 1. The van der Waals surface area contributed by atoms with Crippen molar-refractivity contribution in [3.05, 3.63) is 35.4 Å². The van der Waals surface area contributed by atoms with Crippen molar-refractivity contribution in [1.82, 2.24) is 20.4 Å². The van der Waals surface area contributed by atoms with Crippen LogP contribution in [-0.2, 0) is 11.2 Å². The molecule has 2 unspecified atom stereocenters. The molecule has 0 aromatic heterocycles. The lowest BCUT2D eigenvalue weighted by Crippen LogP contribution is -2.49. The minimum absolute atomic E-state index is 0.0426. The number of alkyl carbamates (subject to hydrolysis) is 1. The maximum atomic E-state index is 12.8. The van der Waals surface area contributed by atoms with E-state index in [1.54, 1.807) is 0 Å². The molecular formula is C24H40N4O3. The van der Waals surface area contributed by atoms with Gasteiger partial charge in [-0.3, -0.25) is 0 Å². The van der Waals surface area contributed by atoms with Gasteiger partial charge in [0.25, 0.3) is 0 Å². The van der Waals surface area contributed by atoms with Crippen molar-refractivity contribution in [2.45, 2.75) is 58.6 Å². The van der Waals surface area contributed by atoms with Crippen LogP contribution in [0.5, 0.6) is 0 Å². The quantitative estimate of drug-likeness (QED) is 0.687. The Morgan fingerprint density at radius 1 is 1.19 bits per heavy atom. The summed E-state index contributed by atoms with van der Waals surface area (Å²) in [5, 5.41) is 5.95. The van der Waals surface area contributed by atoms with Gasteiger partial charge in [-0.05, 0) is 71.2 Å². The molecule has 2 rings (SSSR count). The molecule has 1 aromatic rings. The van der Waals surface area contributed by atoms with Crippen LogP contribution in [0.1, 0.15) is 57.7 Å². The normalized spacial score (nSPS) is 17.9. The first-order valence-corrected chi connectivity index (χ1v) is 11.3. The number of ether oxygens (including phenoxy) is 1. The molecule has 0 radical (unpaired) electrons. The summed E-state index contributed by atoms with van der Waals surface area (Å²) in [6.45, 7) is 10.1. The maximum absolute atomic E-state index is 12.8. The van der Waals surface area contributed by atoms with Gasteiger partial charge in [0.15, 0.2) is 0 Å². The second kappa shape index (κ2) is 11.4. The molecule has 1 heterocycles. The Morgan fingerprint density at radius 2 is 1.87 bits per heavy atom. The molecule has 1 saturated heterocycles. The minimum atomic E-state index is -0.511. The third kappa shape index (κ3) is 8.40. The van der Waals surface area contributed by atoms with Gasteiger partial charge < -0.3 is 25.2 Å². The van der Waals surface area contributed by atoms with E-state index in [0.717, 1.165) is 25.8 Å². The average molecular weight is 433 g/mol. The Bertz CT molecular complexity index is 713. The number of nitrogens with one attached hydrogen (secondary N) is 2. The molecule has 3 amide bonds. The number of nitrogens with zero attached hydrogens (tertiary/aromatic N) is 2. The van der Waals surface area contributed by atoms with E-state index in [-0.39, 0.29) is 18.0 Å². The highest BCUT2D eigenvalue weighted by Gasteiger charge is 2.26. The van der Waals surface area contributed by atoms with E-state index in [0.29, 0.717) is 19.6 Å². The fourth-order valence-corrected chi connectivity index (χ4v) is 3.83. The summed E-state index contributed by atoms with van der Waals surface area (Å²) >= 11 is 0. The molecule has 31 heavy (non-hydrogen) atoms. The largest absolute Gasteiger partial charge is 0.444 e. The number of amides is 3. The van der Waals surface area contributed by atoms with Crippen LogP contribution in [-0.4, -0.2) is 67.8 Å². The molecule has 0 spiro atoms. The van der Waals surface area contributed by atoms with Crippen LogP contribution in [0.15, 0.2) is 24.3 Å². The van der Waals surface area contributed by atoms with E-state index in [2.05, 4.69) is 46.7 Å². The Morgan fingerprint density at radius 3 is 2.45 bits per heavy atom. The van der Waals surface area contributed by atoms with Crippen LogP contribution in [0.25, 0.3) is 0 Å². The fraction of sp³-hybridized carbons (Fsp3) is 0.667. The first-order valence-electron chi connectivity index (χ1n) is 11.3. The Balaban J connectivity index is 1.85. The number of urea groups is 1. The van der Waals surface area contributed by atoms with Crippen molar-refractivity contribution in [3.63, 3.8) is 0 Å². The van der Waals surface area contributed by atoms with Gasteiger partial charge in [0.1, 0.15) is 5.60 Å². The number of aryl methyl sites for hydroxylation is 1. The molecule has 0 bridgehead atoms. The van der Waals surface area contributed by atoms with E-state index in [1.807, 2.05) is 39.8 Å². The number of hydrogen-bond acceptors (Lipinski definition) is 4. The second-order valence-electron chi connectivity index (χ2n) is 9.60. The highest BCUT2D eigenvalue weighted by atomic mass is 16.6. The van der Waals surface area contributed by atoms with E-state index in [4.69, 9.17) is 4.74 Å². The smallest absolute Gasteiger partial charge is 0.407 e. The second-order valence-corrected chi connectivity index (χ2v) is 9.60. The average Bonchev–Trinajstić information content (AvgIpc) is 2.71. The molecule has 2 N–H and O–H groups in total. The van der Waals surface area contributed by atoms with E-state index in [9.17, 15) is 9.59 Å². The molecule has 1 aliphatic rings. The monoisotopic (exact) mass is 432 g/mol. The van der Waals surface area contributed by atoms with Crippen molar-refractivity contribution >= 4 is 12.1 Å². The lowest BCUT2D eigenvalue weighted by atomic mass is 9.98. The molecule has 1 fully saturated rings. The highest BCUT2D eigenvalue weighted by molar-refractivity contribution is 5.74. The number of carbonyl (C=O) groups excluding carboxylic acids is 2. The molecular weight excluding hydrogens is 392 g/mol. The number of likely N-dealkylation sites (N-methyl/N-ethyl adjacent to an activating group) is 1. The van der Waals surface area contributed by atoms with Gasteiger partial charge in [0.05, 0.1) is 6.04 Å². The third-order valence-electron chi connectivity index (χ3n) is 5.58. The van der Waals surface area contributed by atoms with Gasteiger partial charge >= 0.3 is 12.1 Å². The number of carbonyl (C=O) groups is 2. The SMILES string of the molecule is CCc1ccc(C(CNC(=O)N2CCCC(CNC(=O)OC(C)(C)C)C2)N(C)C)cc1. The molecule has 174 valence electrons. The summed E-state index contributed by atoms with van der Waals surface area (Å²) in [5.74, 6) is 0.234. The van der Waals surface area contributed by atoms with E-state index < -0.39 is 11.7 Å². The summed E-state index contributed by atoms with van der Waals surface area (Å²) in [5.41, 5.74) is 1.99. The van der Waals surface area contributed by atoms with Gasteiger partial charge in [-0.2, -0.15) is 0 Å². The van der Waals surface area contributed by atoms with E-state index >= 15 is 0 Å². The Hall–Kier alpha value is -2.28. The summed E-state index contributed by atoms with van der Waals surface area (Å²) in [6, 6.07) is 8.67. The van der Waals surface area contributed by atoms with Crippen LogP contribution >= 0.6 is 0 Å². The first kappa shape index (κ1) is 25.0. The summed E-state index contributed by atoms with van der Waals surface area (Å²) in [6.07, 6.45) is 2.53. The highest BCUT2D eigenvalue weighted by Crippen LogP contribution is 2.20. The number of hydrogen-bond donors (Lipinski definition) is 2. The van der Waals surface area contributed by atoms with Gasteiger partial charge in [-0.15, -0.1) is 0 Å². The van der Waals surface area contributed by atoms with Gasteiger partial charge in [0.2, 0.25) is 0 Å². The van der Waals surface area contributed by atoms with Crippen molar-refractivity contribution in [1.29, 1.82) is 0 Å². The van der Waals surface area contributed by atoms with Crippen molar-refractivity contribution in [3.8, 4) is 0 Å². The van der Waals surface area contributed by atoms with Crippen molar-refractivity contribution in [2.75, 3.05) is 40.3 Å². The van der Waals surface area contributed by atoms with Crippen LogP contribution in [0, 0.1) is 5.92 Å². The topological polar surface area (TPSA) is 73.9 Å². The van der Waals surface area contributed by atoms with Gasteiger partial charge in [0, 0.05) is 26.2 Å². The van der Waals surface area contributed by atoms with Crippen molar-refractivity contribution in [2.24, 2.45) is 5.92 Å². The van der Waals surface area contributed by atoms with E-state index in [1.165, 1.54) is 11.1 Å². The van der Waals surface area contributed by atoms with Crippen LogP contribution in [0.4, 0.5) is 9.59 Å². The summed E-state index contributed by atoms with van der Waals surface area (Å²) in [4.78, 5) is 28.7. The number of rotatable bonds is 7.